The van der Waals surface area contributed by atoms with Gasteiger partial charge >= 0.3 is 5.97 Å². The second-order valence-corrected chi connectivity index (χ2v) is 3.67. The maximum atomic E-state index is 11.4. The average Bonchev–Trinajstić information content (AvgIpc) is 2.27. The van der Waals surface area contributed by atoms with Crippen LogP contribution < -0.4 is 5.32 Å². The van der Waals surface area contributed by atoms with E-state index >= 15 is 0 Å². The number of fused-ring (bicyclic) bond motifs is 1. The third-order valence-corrected chi connectivity index (χ3v) is 2.58. The summed E-state index contributed by atoms with van der Waals surface area (Å²) in [5.41, 5.74) is 3.30. The van der Waals surface area contributed by atoms with Crippen LogP contribution in [0.2, 0.25) is 0 Å². The van der Waals surface area contributed by atoms with Crippen LogP contribution in [-0.2, 0) is 11.2 Å². The van der Waals surface area contributed by atoms with E-state index in [0.717, 1.165) is 36.3 Å². The van der Waals surface area contributed by atoms with Gasteiger partial charge in [0, 0.05) is 6.54 Å². The molecule has 0 amide bonds. The Morgan fingerprint density at radius 2 is 2.40 bits per heavy atom. The van der Waals surface area contributed by atoms with E-state index in [-0.39, 0.29) is 5.97 Å². The topological polar surface area (TPSA) is 51.2 Å². The second kappa shape index (κ2) is 3.88. The molecular weight excluding hydrogens is 192 g/mol. The third kappa shape index (κ3) is 1.79. The van der Waals surface area contributed by atoms with Gasteiger partial charge < -0.3 is 10.1 Å². The first kappa shape index (κ1) is 9.96. The minimum Gasteiger partial charge on any atom is -0.464 e. The highest BCUT2D eigenvalue weighted by atomic mass is 16.5. The number of pyridine rings is 1. The zero-order chi connectivity index (χ0) is 10.8. The molecule has 2 rings (SSSR count). The molecule has 4 heteroatoms. The summed E-state index contributed by atoms with van der Waals surface area (Å²) >= 11 is 0. The summed E-state index contributed by atoms with van der Waals surface area (Å²) in [6.45, 7) is 2.85. The van der Waals surface area contributed by atoms with Gasteiger partial charge in [0.15, 0.2) is 5.69 Å². The monoisotopic (exact) mass is 206 g/mol. The van der Waals surface area contributed by atoms with E-state index in [1.165, 1.54) is 7.11 Å². The van der Waals surface area contributed by atoms with Gasteiger partial charge in [-0.15, -0.1) is 0 Å². The number of rotatable bonds is 1. The number of nitrogens with one attached hydrogen (secondary N) is 1. The molecule has 80 valence electrons. The number of anilines is 1. The molecular formula is C11H14N2O2. The SMILES string of the molecule is COC(=O)c1nc2c(cc1C)NCCC2. The summed E-state index contributed by atoms with van der Waals surface area (Å²) in [5, 5.41) is 3.27. The lowest BCUT2D eigenvalue weighted by Gasteiger charge is -2.18. The number of hydrogen-bond acceptors (Lipinski definition) is 4. The predicted molar refractivity (Wildman–Crippen MR) is 57.1 cm³/mol. The minimum absolute atomic E-state index is 0.360. The molecule has 0 saturated carbocycles. The lowest BCUT2D eigenvalue weighted by atomic mass is 10.1. The first-order chi connectivity index (χ1) is 7.22. The Bertz CT molecular complexity index is 402. The number of hydrogen-bond donors (Lipinski definition) is 1. The number of aryl methyl sites for hydroxylation is 2. The van der Waals surface area contributed by atoms with Crippen molar-refractivity contribution in [1.29, 1.82) is 0 Å². The highest BCUT2D eigenvalue weighted by Crippen LogP contribution is 2.22. The van der Waals surface area contributed by atoms with Crippen LogP contribution in [-0.4, -0.2) is 24.6 Å². The van der Waals surface area contributed by atoms with Gasteiger partial charge in [-0.3, -0.25) is 0 Å². The Hall–Kier alpha value is -1.58. The van der Waals surface area contributed by atoms with Gasteiger partial charge in [0.25, 0.3) is 0 Å². The van der Waals surface area contributed by atoms with E-state index in [1.54, 1.807) is 0 Å². The largest absolute Gasteiger partial charge is 0.464 e. The molecule has 2 heterocycles. The summed E-state index contributed by atoms with van der Waals surface area (Å²) in [4.78, 5) is 15.8. The van der Waals surface area contributed by atoms with Crippen LogP contribution in [0.25, 0.3) is 0 Å². The molecule has 0 aliphatic carbocycles. The van der Waals surface area contributed by atoms with Crippen LogP contribution >= 0.6 is 0 Å². The summed E-state index contributed by atoms with van der Waals surface area (Å²) in [5.74, 6) is -0.360. The first-order valence-corrected chi connectivity index (χ1v) is 5.05. The number of carbonyl (C=O) groups excluding carboxylic acids is 1. The molecule has 0 atom stereocenters. The Balaban J connectivity index is 2.44. The maximum absolute atomic E-state index is 11.4. The fourth-order valence-electron chi connectivity index (χ4n) is 1.78. The zero-order valence-electron chi connectivity index (χ0n) is 8.96. The van der Waals surface area contributed by atoms with Crippen molar-refractivity contribution < 1.29 is 9.53 Å². The van der Waals surface area contributed by atoms with E-state index in [1.807, 2.05) is 13.0 Å². The molecule has 0 radical (unpaired) electrons. The Kier molecular flexibility index (Phi) is 2.58. The van der Waals surface area contributed by atoms with Crippen LogP contribution in [0.3, 0.4) is 0 Å². The number of ether oxygens (including phenoxy) is 1. The predicted octanol–water partition coefficient (Wildman–Crippen LogP) is 1.53. The van der Waals surface area contributed by atoms with Crippen LogP contribution in [0, 0.1) is 6.92 Å². The molecule has 0 fully saturated rings. The van der Waals surface area contributed by atoms with Gasteiger partial charge in [-0.1, -0.05) is 0 Å². The minimum atomic E-state index is -0.360. The molecule has 1 N–H and O–H groups in total. The normalized spacial score (nSPS) is 14.0. The number of methoxy groups -OCH3 is 1. The van der Waals surface area contributed by atoms with E-state index in [2.05, 4.69) is 15.0 Å². The van der Waals surface area contributed by atoms with Crippen molar-refractivity contribution in [3.05, 3.63) is 23.0 Å². The molecule has 0 aromatic carbocycles. The van der Waals surface area contributed by atoms with Gasteiger partial charge in [0.1, 0.15) is 0 Å². The van der Waals surface area contributed by atoms with E-state index < -0.39 is 0 Å². The number of nitrogens with zero attached hydrogens (tertiary/aromatic N) is 1. The summed E-state index contributed by atoms with van der Waals surface area (Å²) in [7, 11) is 1.38. The van der Waals surface area contributed by atoms with E-state index in [0.29, 0.717) is 5.69 Å². The van der Waals surface area contributed by atoms with E-state index in [9.17, 15) is 4.79 Å². The summed E-state index contributed by atoms with van der Waals surface area (Å²) in [6, 6.07) is 1.97. The quantitative estimate of drug-likeness (QED) is 0.708. The molecule has 4 nitrogen and oxygen atoms in total. The summed E-state index contributed by atoms with van der Waals surface area (Å²) < 4.78 is 4.69. The molecule has 1 aliphatic heterocycles. The van der Waals surface area contributed by atoms with Crippen molar-refractivity contribution in [2.24, 2.45) is 0 Å². The Morgan fingerprint density at radius 3 is 3.13 bits per heavy atom. The summed E-state index contributed by atoms with van der Waals surface area (Å²) in [6.07, 6.45) is 1.98. The Labute approximate surface area is 88.7 Å². The molecule has 0 saturated heterocycles. The molecule has 0 unspecified atom stereocenters. The van der Waals surface area contributed by atoms with Crippen molar-refractivity contribution in [2.45, 2.75) is 19.8 Å². The van der Waals surface area contributed by atoms with Crippen molar-refractivity contribution in [1.82, 2.24) is 4.98 Å². The number of carbonyl (C=O) groups is 1. The van der Waals surface area contributed by atoms with Gasteiger partial charge in [0.2, 0.25) is 0 Å². The van der Waals surface area contributed by atoms with Crippen molar-refractivity contribution in [3.8, 4) is 0 Å². The van der Waals surface area contributed by atoms with Crippen molar-refractivity contribution in [2.75, 3.05) is 19.0 Å². The van der Waals surface area contributed by atoms with Gasteiger partial charge in [-0.05, 0) is 31.4 Å². The lowest BCUT2D eigenvalue weighted by molar-refractivity contribution is 0.0593. The standard InChI is InChI=1S/C11H14N2O2/c1-7-6-9-8(4-3-5-12-9)13-10(7)11(14)15-2/h6,12H,3-5H2,1-2H3. The van der Waals surface area contributed by atoms with Gasteiger partial charge in [0.05, 0.1) is 18.5 Å². The lowest BCUT2D eigenvalue weighted by Crippen LogP contribution is -2.17. The molecule has 1 aliphatic rings. The first-order valence-electron chi connectivity index (χ1n) is 5.05. The van der Waals surface area contributed by atoms with Crippen LogP contribution in [0.15, 0.2) is 6.07 Å². The van der Waals surface area contributed by atoms with Crippen molar-refractivity contribution in [3.63, 3.8) is 0 Å². The highest BCUT2D eigenvalue weighted by molar-refractivity contribution is 5.89. The fraction of sp³-hybridized carbons (Fsp3) is 0.455. The highest BCUT2D eigenvalue weighted by Gasteiger charge is 2.17. The molecule has 0 spiro atoms. The third-order valence-electron chi connectivity index (χ3n) is 2.58. The van der Waals surface area contributed by atoms with Crippen molar-refractivity contribution >= 4 is 11.7 Å². The van der Waals surface area contributed by atoms with Crippen LogP contribution in [0.5, 0.6) is 0 Å². The van der Waals surface area contributed by atoms with Gasteiger partial charge in [-0.2, -0.15) is 0 Å². The smallest absolute Gasteiger partial charge is 0.356 e. The van der Waals surface area contributed by atoms with Crippen LogP contribution in [0.1, 0.15) is 28.2 Å². The maximum Gasteiger partial charge on any atom is 0.356 e. The average molecular weight is 206 g/mol. The molecule has 1 aromatic rings. The molecule has 1 aromatic heterocycles. The Morgan fingerprint density at radius 1 is 1.60 bits per heavy atom. The van der Waals surface area contributed by atoms with Gasteiger partial charge in [-0.25, -0.2) is 9.78 Å². The number of esters is 1. The second-order valence-electron chi connectivity index (χ2n) is 3.67. The fourth-order valence-corrected chi connectivity index (χ4v) is 1.78. The zero-order valence-corrected chi connectivity index (χ0v) is 8.96. The molecule has 15 heavy (non-hydrogen) atoms. The molecule has 0 bridgehead atoms. The number of aromatic nitrogens is 1. The van der Waals surface area contributed by atoms with Crippen LogP contribution in [0.4, 0.5) is 5.69 Å². The van der Waals surface area contributed by atoms with E-state index in [4.69, 9.17) is 0 Å².